The van der Waals surface area contributed by atoms with E-state index in [1.54, 1.807) is 0 Å². The van der Waals surface area contributed by atoms with Crippen LogP contribution in [0.15, 0.2) is 22.7 Å². The van der Waals surface area contributed by atoms with Gasteiger partial charge >= 0.3 is 0 Å². The summed E-state index contributed by atoms with van der Waals surface area (Å²) in [6, 6.07) is 5.81. The number of aliphatic hydroxyl groups is 1. The molecule has 0 bridgehead atoms. The molecular weight excluding hydrogens is 296 g/mol. The Morgan fingerprint density at radius 1 is 1.44 bits per heavy atom. The van der Waals surface area contributed by atoms with Gasteiger partial charge in [-0.15, -0.1) is 0 Å². The van der Waals surface area contributed by atoms with E-state index in [4.69, 9.17) is 9.47 Å². The van der Waals surface area contributed by atoms with Crippen LogP contribution < -0.4 is 4.74 Å². The molecule has 1 spiro atoms. The number of aliphatic hydroxyl groups excluding tert-OH is 1. The molecule has 1 N–H and O–H groups in total. The van der Waals surface area contributed by atoms with Crippen molar-refractivity contribution in [3.63, 3.8) is 0 Å². The van der Waals surface area contributed by atoms with E-state index in [0.717, 1.165) is 35.2 Å². The largest absolute Gasteiger partial charge is 0.487 e. The van der Waals surface area contributed by atoms with Crippen LogP contribution >= 0.6 is 15.9 Å². The molecule has 0 saturated heterocycles. The highest BCUT2D eigenvalue weighted by Crippen LogP contribution is 2.50. The molecule has 18 heavy (non-hydrogen) atoms. The standard InChI is InChI=1S/C14H17BrO3/c1-2-17-10-6-14(7-10)8-12(16)11-5-9(15)3-4-13(11)18-14/h3-5,10,12,16H,2,6-8H2,1H3. The average Bonchev–Trinajstić information content (AvgIpc) is 2.29. The van der Waals surface area contributed by atoms with E-state index in [1.807, 2.05) is 25.1 Å². The highest BCUT2D eigenvalue weighted by Gasteiger charge is 2.51. The second-order valence-corrected chi connectivity index (χ2v) is 6.09. The minimum atomic E-state index is -0.436. The third-order valence-electron chi connectivity index (χ3n) is 3.82. The molecule has 3 rings (SSSR count). The summed E-state index contributed by atoms with van der Waals surface area (Å²) < 4.78 is 12.6. The summed E-state index contributed by atoms with van der Waals surface area (Å²) in [6.07, 6.45) is 2.29. The second-order valence-electron chi connectivity index (χ2n) is 5.17. The zero-order valence-corrected chi connectivity index (χ0v) is 11.9. The molecule has 1 aromatic carbocycles. The van der Waals surface area contributed by atoms with Crippen LogP contribution in [0.4, 0.5) is 0 Å². The number of rotatable bonds is 2. The first-order valence-corrected chi connectivity index (χ1v) is 7.19. The first-order chi connectivity index (χ1) is 8.62. The summed E-state index contributed by atoms with van der Waals surface area (Å²) in [5.74, 6) is 0.812. The Hall–Kier alpha value is -0.580. The van der Waals surface area contributed by atoms with Crippen LogP contribution in [-0.2, 0) is 4.74 Å². The van der Waals surface area contributed by atoms with Crippen LogP contribution in [-0.4, -0.2) is 23.4 Å². The maximum Gasteiger partial charge on any atom is 0.126 e. The Morgan fingerprint density at radius 3 is 2.94 bits per heavy atom. The third kappa shape index (κ3) is 2.06. The number of ether oxygens (including phenoxy) is 2. The van der Waals surface area contributed by atoms with Gasteiger partial charge in [-0.3, -0.25) is 0 Å². The van der Waals surface area contributed by atoms with Gasteiger partial charge in [0.15, 0.2) is 0 Å². The topological polar surface area (TPSA) is 38.7 Å². The summed E-state index contributed by atoms with van der Waals surface area (Å²) in [5, 5.41) is 10.3. The number of hydrogen-bond donors (Lipinski definition) is 1. The number of halogens is 1. The van der Waals surface area contributed by atoms with Crippen LogP contribution in [0.5, 0.6) is 5.75 Å². The fraction of sp³-hybridized carbons (Fsp3) is 0.571. The molecule has 1 aliphatic carbocycles. The number of hydrogen-bond acceptors (Lipinski definition) is 3. The Bertz CT molecular complexity index is 454. The van der Waals surface area contributed by atoms with Gasteiger partial charge in [-0.25, -0.2) is 0 Å². The van der Waals surface area contributed by atoms with Crippen LogP contribution in [0.2, 0.25) is 0 Å². The smallest absolute Gasteiger partial charge is 0.126 e. The lowest BCUT2D eigenvalue weighted by Crippen LogP contribution is -2.55. The van der Waals surface area contributed by atoms with Crippen molar-refractivity contribution < 1.29 is 14.6 Å². The maximum atomic E-state index is 10.3. The number of fused-ring (bicyclic) bond motifs is 1. The molecule has 2 aliphatic rings. The lowest BCUT2D eigenvalue weighted by atomic mass is 9.71. The fourth-order valence-electron chi connectivity index (χ4n) is 2.98. The molecule has 1 unspecified atom stereocenters. The highest BCUT2D eigenvalue weighted by atomic mass is 79.9. The molecule has 1 fully saturated rings. The molecule has 0 radical (unpaired) electrons. The van der Waals surface area contributed by atoms with E-state index in [9.17, 15) is 5.11 Å². The van der Waals surface area contributed by atoms with Gasteiger partial charge in [0.2, 0.25) is 0 Å². The normalized spacial score (nSPS) is 33.7. The van der Waals surface area contributed by atoms with Crippen LogP contribution in [0.1, 0.15) is 37.9 Å². The van der Waals surface area contributed by atoms with E-state index in [0.29, 0.717) is 12.5 Å². The van der Waals surface area contributed by atoms with Crippen LogP contribution in [0.3, 0.4) is 0 Å². The van der Waals surface area contributed by atoms with Gasteiger partial charge in [-0.05, 0) is 25.1 Å². The molecule has 4 heteroatoms. The van der Waals surface area contributed by atoms with E-state index in [-0.39, 0.29) is 5.60 Å². The SMILES string of the molecule is CCOC1CC2(C1)CC(O)c1cc(Br)ccc1O2. The molecule has 98 valence electrons. The molecule has 1 aromatic rings. The maximum absolute atomic E-state index is 10.3. The quantitative estimate of drug-likeness (QED) is 0.911. The van der Waals surface area contributed by atoms with Crippen LogP contribution in [0, 0.1) is 0 Å². The summed E-state index contributed by atoms with van der Waals surface area (Å²) >= 11 is 3.42. The summed E-state index contributed by atoms with van der Waals surface area (Å²) in [5.41, 5.74) is 0.676. The third-order valence-corrected chi connectivity index (χ3v) is 4.32. The molecule has 1 heterocycles. The molecule has 0 amide bonds. The summed E-state index contributed by atoms with van der Waals surface area (Å²) in [4.78, 5) is 0. The second kappa shape index (κ2) is 4.51. The van der Waals surface area contributed by atoms with E-state index in [2.05, 4.69) is 15.9 Å². The Balaban J connectivity index is 1.79. The van der Waals surface area contributed by atoms with E-state index >= 15 is 0 Å². The van der Waals surface area contributed by atoms with E-state index < -0.39 is 6.10 Å². The van der Waals surface area contributed by atoms with Gasteiger partial charge in [-0.1, -0.05) is 15.9 Å². The van der Waals surface area contributed by atoms with Gasteiger partial charge in [0, 0.05) is 35.9 Å². The fourth-order valence-corrected chi connectivity index (χ4v) is 3.36. The molecule has 1 aliphatic heterocycles. The van der Waals surface area contributed by atoms with Crippen molar-refractivity contribution in [2.24, 2.45) is 0 Å². The van der Waals surface area contributed by atoms with Crippen molar-refractivity contribution in [2.45, 2.75) is 44.0 Å². The first kappa shape index (κ1) is 12.5. The molecular formula is C14H17BrO3. The number of benzene rings is 1. The van der Waals surface area contributed by atoms with Gasteiger partial charge in [0.1, 0.15) is 11.4 Å². The highest BCUT2D eigenvalue weighted by molar-refractivity contribution is 9.10. The van der Waals surface area contributed by atoms with E-state index in [1.165, 1.54) is 0 Å². The molecule has 1 saturated carbocycles. The predicted octanol–water partition coefficient (Wildman–Crippen LogP) is 3.20. The molecule has 0 aromatic heterocycles. The molecule has 3 nitrogen and oxygen atoms in total. The first-order valence-electron chi connectivity index (χ1n) is 6.40. The molecule has 1 atom stereocenters. The Morgan fingerprint density at radius 2 is 2.22 bits per heavy atom. The minimum Gasteiger partial charge on any atom is -0.487 e. The van der Waals surface area contributed by atoms with Gasteiger partial charge in [0.25, 0.3) is 0 Å². The zero-order chi connectivity index (χ0) is 12.8. The minimum absolute atomic E-state index is 0.208. The van der Waals surface area contributed by atoms with Crippen molar-refractivity contribution in [1.82, 2.24) is 0 Å². The summed E-state index contributed by atoms with van der Waals surface area (Å²) in [6.45, 7) is 2.75. The monoisotopic (exact) mass is 312 g/mol. The van der Waals surface area contributed by atoms with Crippen molar-refractivity contribution in [3.8, 4) is 5.75 Å². The van der Waals surface area contributed by atoms with Crippen LogP contribution in [0.25, 0.3) is 0 Å². The Kier molecular flexibility index (Phi) is 3.12. The average molecular weight is 313 g/mol. The summed E-state index contributed by atoms with van der Waals surface area (Å²) in [7, 11) is 0. The van der Waals surface area contributed by atoms with Gasteiger partial charge < -0.3 is 14.6 Å². The Labute approximate surface area is 115 Å². The lowest BCUT2D eigenvalue weighted by molar-refractivity contribution is -0.147. The van der Waals surface area contributed by atoms with Crippen molar-refractivity contribution >= 4 is 15.9 Å². The van der Waals surface area contributed by atoms with Crippen molar-refractivity contribution in [1.29, 1.82) is 0 Å². The zero-order valence-electron chi connectivity index (χ0n) is 10.4. The van der Waals surface area contributed by atoms with Gasteiger partial charge in [0.05, 0.1) is 12.2 Å². The van der Waals surface area contributed by atoms with Gasteiger partial charge in [-0.2, -0.15) is 0 Å². The van der Waals surface area contributed by atoms with Crippen molar-refractivity contribution in [2.75, 3.05) is 6.61 Å². The van der Waals surface area contributed by atoms with Crippen molar-refractivity contribution in [3.05, 3.63) is 28.2 Å². The lowest BCUT2D eigenvalue weighted by Gasteiger charge is -2.50. The predicted molar refractivity (Wildman–Crippen MR) is 71.7 cm³/mol.